The van der Waals surface area contributed by atoms with Crippen molar-refractivity contribution >= 4 is 49.0 Å². The number of rotatable bonds is 1. The summed E-state index contributed by atoms with van der Waals surface area (Å²) in [5, 5.41) is 6.74. The number of aryl methyl sites for hydroxylation is 3. The van der Waals surface area contributed by atoms with E-state index in [-0.39, 0.29) is 0 Å². The smallest absolute Gasteiger partial charge is 0.224 e. The Labute approximate surface area is 181 Å². The van der Waals surface area contributed by atoms with Gasteiger partial charge >= 0.3 is 0 Å². The fraction of sp³-hybridized carbons (Fsp3) is 0.286. The van der Waals surface area contributed by atoms with Crippen LogP contribution in [0.25, 0.3) is 49.0 Å². The van der Waals surface area contributed by atoms with E-state index in [4.69, 9.17) is 0 Å². The van der Waals surface area contributed by atoms with Gasteiger partial charge in [-0.1, -0.05) is 18.9 Å². The van der Waals surface area contributed by atoms with Gasteiger partial charge in [0.05, 0.1) is 33.5 Å². The van der Waals surface area contributed by atoms with Crippen molar-refractivity contribution in [2.24, 2.45) is 7.05 Å². The molecule has 152 valence electrons. The molecule has 0 saturated heterocycles. The maximum Gasteiger partial charge on any atom is 0.224 e. The van der Waals surface area contributed by atoms with Crippen molar-refractivity contribution in [2.45, 2.75) is 45.4 Å². The third kappa shape index (κ3) is 2.14. The summed E-state index contributed by atoms with van der Waals surface area (Å²) in [4.78, 5) is 4.53. The van der Waals surface area contributed by atoms with Gasteiger partial charge in [-0.3, -0.25) is 4.98 Å². The molecule has 4 aromatic heterocycles. The van der Waals surface area contributed by atoms with Crippen LogP contribution in [0.2, 0.25) is 0 Å². The Bertz CT molecular complexity index is 1670. The van der Waals surface area contributed by atoms with Gasteiger partial charge in [-0.15, -0.1) is 0 Å². The molecule has 0 atom stereocenters. The zero-order chi connectivity index (χ0) is 20.9. The minimum Gasteiger partial charge on any atom is -0.306 e. The Hall–Kier alpha value is -3.20. The molecule has 0 N–H and O–H groups in total. The van der Waals surface area contributed by atoms with E-state index in [9.17, 15) is 0 Å². The van der Waals surface area contributed by atoms with Crippen LogP contribution in [0.1, 0.15) is 48.3 Å². The van der Waals surface area contributed by atoms with Crippen LogP contribution < -0.4 is 4.57 Å². The lowest BCUT2D eigenvalue weighted by Crippen LogP contribution is -2.29. The van der Waals surface area contributed by atoms with E-state index >= 15 is 0 Å². The van der Waals surface area contributed by atoms with Gasteiger partial charge in [0.15, 0.2) is 6.20 Å². The van der Waals surface area contributed by atoms with Crippen molar-refractivity contribution in [1.82, 2.24) is 9.38 Å². The Morgan fingerprint density at radius 3 is 2.65 bits per heavy atom. The molecule has 0 unspecified atom stereocenters. The van der Waals surface area contributed by atoms with Crippen LogP contribution in [0.3, 0.4) is 0 Å². The summed E-state index contributed by atoms with van der Waals surface area (Å²) in [5.41, 5.74) is 9.45. The molecular weight excluding hydrogens is 378 g/mol. The monoisotopic (exact) mass is 404 g/mol. The standard InChI is InChI=1S/C28H26N3/c1-16-12-22-21-8-10-29-15-24(21)31-23-14-20(18-6-4-5-7-18)13-19-9-11-30(3)28(26(19)23)25(17(16)2)27(22)31/h8-15,18H,4-7H2,1-3H3/q+1. The summed E-state index contributed by atoms with van der Waals surface area (Å²) < 4.78 is 4.83. The normalized spacial score (nSPS) is 15.6. The molecule has 3 nitrogen and oxygen atoms in total. The number of nitrogens with zero attached hydrogens (tertiary/aromatic N) is 3. The zero-order valence-corrected chi connectivity index (χ0v) is 18.4. The molecule has 1 aliphatic rings. The van der Waals surface area contributed by atoms with Gasteiger partial charge in [-0.25, -0.2) is 4.57 Å². The maximum atomic E-state index is 4.53. The second kappa shape index (κ2) is 5.94. The Morgan fingerprint density at radius 1 is 0.968 bits per heavy atom. The quantitative estimate of drug-likeness (QED) is 0.174. The first-order chi connectivity index (χ1) is 15.1. The highest BCUT2D eigenvalue weighted by atomic mass is 15.0. The lowest BCUT2D eigenvalue weighted by Gasteiger charge is -2.17. The molecule has 1 fully saturated rings. The minimum atomic E-state index is 0.689. The third-order valence-corrected chi connectivity index (χ3v) is 7.92. The fourth-order valence-corrected chi connectivity index (χ4v) is 6.27. The summed E-state index contributed by atoms with van der Waals surface area (Å²) in [6.45, 7) is 4.52. The second-order valence-electron chi connectivity index (χ2n) is 9.58. The van der Waals surface area contributed by atoms with E-state index < -0.39 is 0 Å². The summed E-state index contributed by atoms with van der Waals surface area (Å²) in [7, 11) is 2.19. The van der Waals surface area contributed by atoms with Crippen LogP contribution in [0.5, 0.6) is 0 Å². The number of hydrogen-bond acceptors (Lipinski definition) is 1. The van der Waals surface area contributed by atoms with Crippen molar-refractivity contribution in [3.63, 3.8) is 0 Å². The van der Waals surface area contributed by atoms with Crippen molar-refractivity contribution < 1.29 is 4.57 Å². The van der Waals surface area contributed by atoms with E-state index in [1.54, 1.807) is 0 Å². The van der Waals surface area contributed by atoms with E-state index in [1.807, 2.05) is 12.4 Å². The topological polar surface area (TPSA) is 21.2 Å². The molecule has 6 aromatic rings. The van der Waals surface area contributed by atoms with E-state index in [2.05, 4.69) is 71.4 Å². The van der Waals surface area contributed by atoms with Crippen LogP contribution in [-0.2, 0) is 7.05 Å². The number of fused-ring (bicyclic) bond motifs is 5. The van der Waals surface area contributed by atoms with Gasteiger partial charge in [0.1, 0.15) is 7.05 Å². The first-order valence-corrected chi connectivity index (χ1v) is 11.5. The highest BCUT2D eigenvalue weighted by Gasteiger charge is 2.26. The maximum absolute atomic E-state index is 4.53. The highest BCUT2D eigenvalue weighted by molar-refractivity contribution is 6.26. The molecule has 0 amide bonds. The highest BCUT2D eigenvalue weighted by Crippen LogP contribution is 2.43. The third-order valence-electron chi connectivity index (χ3n) is 7.92. The largest absolute Gasteiger partial charge is 0.306 e. The van der Waals surface area contributed by atoms with Crippen LogP contribution >= 0.6 is 0 Å². The summed E-state index contributed by atoms with van der Waals surface area (Å²) in [6, 6.07) is 11.8. The van der Waals surface area contributed by atoms with Crippen LogP contribution in [0.15, 0.2) is 48.9 Å². The molecule has 0 aliphatic heterocycles. The van der Waals surface area contributed by atoms with Gasteiger partial charge in [0, 0.05) is 23.0 Å². The second-order valence-corrected chi connectivity index (χ2v) is 9.58. The fourth-order valence-electron chi connectivity index (χ4n) is 6.27. The Kier molecular flexibility index (Phi) is 3.35. The number of aromatic nitrogens is 3. The molecule has 0 spiro atoms. The van der Waals surface area contributed by atoms with E-state index in [1.165, 1.54) is 91.4 Å². The molecule has 7 rings (SSSR count). The molecule has 31 heavy (non-hydrogen) atoms. The average Bonchev–Trinajstić information content (AvgIpc) is 3.42. The molecule has 0 bridgehead atoms. The Balaban J connectivity index is 1.84. The van der Waals surface area contributed by atoms with Crippen molar-refractivity contribution in [2.75, 3.05) is 0 Å². The number of pyridine rings is 3. The molecule has 1 aliphatic carbocycles. The van der Waals surface area contributed by atoms with Crippen LogP contribution in [0.4, 0.5) is 0 Å². The molecule has 1 saturated carbocycles. The molecular formula is C28H26N3+. The van der Waals surface area contributed by atoms with Crippen LogP contribution in [0, 0.1) is 13.8 Å². The average molecular weight is 405 g/mol. The molecule has 4 heterocycles. The van der Waals surface area contributed by atoms with Gasteiger partial charge in [-0.05, 0) is 72.9 Å². The Morgan fingerprint density at radius 2 is 1.81 bits per heavy atom. The van der Waals surface area contributed by atoms with Gasteiger partial charge in [0.25, 0.3) is 0 Å². The molecule has 3 heteroatoms. The van der Waals surface area contributed by atoms with E-state index in [0.29, 0.717) is 5.92 Å². The van der Waals surface area contributed by atoms with Gasteiger partial charge < -0.3 is 4.40 Å². The van der Waals surface area contributed by atoms with Gasteiger partial charge in [0.2, 0.25) is 5.52 Å². The number of benzene rings is 2. The summed E-state index contributed by atoms with van der Waals surface area (Å²) in [5.74, 6) is 0.689. The first kappa shape index (κ1) is 17.5. The van der Waals surface area contributed by atoms with Gasteiger partial charge in [-0.2, -0.15) is 0 Å². The molecule has 2 aromatic carbocycles. The van der Waals surface area contributed by atoms with Crippen molar-refractivity contribution in [1.29, 1.82) is 0 Å². The number of hydrogen-bond donors (Lipinski definition) is 0. The predicted octanol–water partition coefficient (Wildman–Crippen LogP) is 6.48. The summed E-state index contributed by atoms with van der Waals surface area (Å²) in [6.07, 6.45) is 11.6. The van der Waals surface area contributed by atoms with Crippen molar-refractivity contribution in [3.8, 4) is 0 Å². The summed E-state index contributed by atoms with van der Waals surface area (Å²) >= 11 is 0. The van der Waals surface area contributed by atoms with Crippen molar-refractivity contribution in [3.05, 3.63) is 65.6 Å². The SMILES string of the molecule is Cc1cc2c3ccncc3n3c4cc(C5CCCC5)cc5cc[n+](C)c(c(c1C)c23)c54. The minimum absolute atomic E-state index is 0.689. The first-order valence-electron chi connectivity index (χ1n) is 11.5. The molecule has 0 radical (unpaired) electrons. The lowest BCUT2D eigenvalue weighted by atomic mass is 9.92. The predicted molar refractivity (Wildman–Crippen MR) is 128 cm³/mol. The van der Waals surface area contributed by atoms with Crippen LogP contribution in [-0.4, -0.2) is 9.38 Å². The lowest BCUT2D eigenvalue weighted by molar-refractivity contribution is -0.643. The van der Waals surface area contributed by atoms with E-state index in [0.717, 1.165) is 0 Å². The zero-order valence-electron chi connectivity index (χ0n) is 18.4.